The van der Waals surface area contributed by atoms with Gasteiger partial charge in [0.15, 0.2) is 0 Å². The number of carbonyl (C=O) groups is 1. The molecule has 2 aromatic rings. The second kappa shape index (κ2) is 5.37. The second-order valence-corrected chi connectivity index (χ2v) is 5.79. The predicted molar refractivity (Wildman–Crippen MR) is 82.9 cm³/mol. The van der Waals surface area contributed by atoms with Crippen LogP contribution in [0.3, 0.4) is 0 Å². The van der Waals surface area contributed by atoms with Gasteiger partial charge < -0.3 is 10.6 Å². The molecule has 0 saturated carbocycles. The molecule has 21 heavy (non-hydrogen) atoms. The smallest absolute Gasteiger partial charge is 0.251 e. The summed E-state index contributed by atoms with van der Waals surface area (Å²) in [7, 11) is 0. The lowest BCUT2D eigenvalue weighted by atomic mass is 10.1. The Balaban J connectivity index is 1.99. The van der Waals surface area contributed by atoms with Crippen molar-refractivity contribution in [2.24, 2.45) is 0 Å². The van der Waals surface area contributed by atoms with Gasteiger partial charge in [0, 0.05) is 16.3 Å². The van der Waals surface area contributed by atoms with Crippen molar-refractivity contribution in [3.05, 3.63) is 56.8 Å². The van der Waals surface area contributed by atoms with Crippen LogP contribution in [0.4, 0.5) is 15.8 Å². The minimum atomic E-state index is -0.697. The lowest BCUT2D eigenvalue weighted by Crippen LogP contribution is -2.20. The molecule has 1 unspecified atom stereocenters. The van der Waals surface area contributed by atoms with Crippen molar-refractivity contribution in [1.82, 2.24) is 0 Å². The number of carbonyl (C=O) groups excluding carboxylic acids is 1. The number of benzene rings is 2. The average molecular weight is 346 g/mol. The van der Waals surface area contributed by atoms with Crippen LogP contribution >= 0.6 is 34.8 Å². The number of nitrogens with one attached hydrogen (secondary N) is 2. The van der Waals surface area contributed by atoms with Gasteiger partial charge in [0.05, 0.1) is 15.7 Å². The van der Waals surface area contributed by atoms with Gasteiger partial charge in [0.25, 0.3) is 5.91 Å². The molecule has 3 rings (SSSR count). The summed E-state index contributed by atoms with van der Waals surface area (Å²) in [6.45, 7) is 0. The van der Waals surface area contributed by atoms with E-state index in [0.29, 0.717) is 32.0 Å². The zero-order valence-electron chi connectivity index (χ0n) is 10.4. The first kappa shape index (κ1) is 14.4. The molecule has 1 aliphatic heterocycles. The molecule has 0 aliphatic carbocycles. The standard InChI is InChI=1S/C14H8Cl3FN2O/c15-6-3-9(16)13(10(17)4-6)20-12-8-2-1-7(18)5-11(8)19-14(12)21/h1-5,12,20H,(H,19,21). The summed E-state index contributed by atoms with van der Waals surface area (Å²) in [6, 6.07) is 6.44. The van der Waals surface area contributed by atoms with E-state index in [0.717, 1.165) is 0 Å². The number of hydrogen-bond acceptors (Lipinski definition) is 2. The lowest BCUT2D eigenvalue weighted by Gasteiger charge is -2.16. The zero-order valence-corrected chi connectivity index (χ0v) is 12.7. The first-order valence-electron chi connectivity index (χ1n) is 5.97. The fourth-order valence-electron chi connectivity index (χ4n) is 2.20. The summed E-state index contributed by atoms with van der Waals surface area (Å²) in [6.07, 6.45) is 0. The maximum absolute atomic E-state index is 13.2. The number of fused-ring (bicyclic) bond motifs is 1. The normalized spacial score (nSPS) is 16.6. The molecule has 1 atom stereocenters. The van der Waals surface area contributed by atoms with Crippen molar-refractivity contribution in [2.45, 2.75) is 6.04 Å². The molecule has 108 valence electrons. The Morgan fingerprint density at radius 1 is 1.10 bits per heavy atom. The van der Waals surface area contributed by atoms with E-state index in [1.54, 1.807) is 0 Å². The molecular formula is C14H8Cl3FN2O. The minimum Gasteiger partial charge on any atom is -0.368 e. The van der Waals surface area contributed by atoms with Gasteiger partial charge in [-0.25, -0.2) is 4.39 Å². The number of halogens is 4. The molecule has 1 aliphatic rings. The monoisotopic (exact) mass is 344 g/mol. The number of anilines is 2. The molecule has 0 fully saturated rings. The van der Waals surface area contributed by atoms with Crippen molar-refractivity contribution in [1.29, 1.82) is 0 Å². The predicted octanol–water partition coefficient (Wildman–Crippen LogP) is 4.89. The highest BCUT2D eigenvalue weighted by Gasteiger charge is 2.31. The SMILES string of the molecule is O=C1Nc2cc(F)ccc2C1Nc1c(Cl)cc(Cl)cc1Cl. The van der Waals surface area contributed by atoms with Crippen molar-refractivity contribution < 1.29 is 9.18 Å². The van der Waals surface area contributed by atoms with Gasteiger partial charge in [-0.1, -0.05) is 40.9 Å². The summed E-state index contributed by atoms with van der Waals surface area (Å²) < 4.78 is 13.2. The summed E-state index contributed by atoms with van der Waals surface area (Å²) >= 11 is 18.0. The molecule has 2 aromatic carbocycles. The molecule has 0 radical (unpaired) electrons. The van der Waals surface area contributed by atoms with E-state index < -0.39 is 11.9 Å². The van der Waals surface area contributed by atoms with Gasteiger partial charge in [-0.2, -0.15) is 0 Å². The van der Waals surface area contributed by atoms with E-state index in [4.69, 9.17) is 34.8 Å². The lowest BCUT2D eigenvalue weighted by molar-refractivity contribution is -0.116. The summed E-state index contributed by atoms with van der Waals surface area (Å²) in [4.78, 5) is 12.0. The molecule has 7 heteroatoms. The molecule has 1 heterocycles. The fourth-order valence-corrected chi connectivity index (χ4v) is 3.13. The highest BCUT2D eigenvalue weighted by molar-refractivity contribution is 6.41. The third-order valence-corrected chi connectivity index (χ3v) is 3.96. The molecular weight excluding hydrogens is 338 g/mol. The van der Waals surface area contributed by atoms with Crippen LogP contribution in [0.5, 0.6) is 0 Å². The molecule has 2 N–H and O–H groups in total. The van der Waals surface area contributed by atoms with Gasteiger partial charge in [-0.15, -0.1) is 0 Å². The van der Waals surface area contributed by atoms with Crippen molar-refractivity contribution in [2.75, 3.05) is 10.6 Å². The Labute approximate surface area is 135 Å². The third kappa shape index (κ3) is 2.67. The van der Waals surface area contributed by atoms with Gasteiger partial charge >= 0.3 is 0 Å². The maximum Gasteiger partial charge on any atom is 0.251 e. The van der Waals surface area contributed by atoms with Crippen LogP contribution in [0.2, 0.25) is 15.1 Å². The van der Waals surface area contributed by atoms with Gasteiger partial charge in [-0.05, 0) is 24.3 Å². The van der Waals surface area contributed by atoms with E-state index in [2.05, 4.69) is 10.6 Å². The van der Waals surface area contributed by atoms with E-state index in [9.17, 15) is 9.18 Å². The van der Waals surface area contributed by atoms with Crippen molar-refractivity contribution >= 4 is 52.1 Å². The zero-order chi connectivity index (χ0) is 15.1. The second-order valence-electron chi connectivity index (χ2n) is 4.54. The van der Waals surface area contributed by atoms with Gasteiger partial charge in [0.2, 0.25) is 0 Å². The van der Waals surface area contributed by atoms with Crippen molar-refractivity contribution in [3.63, 3.8) is 0 Å². The Kier molecular flexibility index (Phi) is 3.69. The molecule has 0 aromatic heterocycles. The average Bonchev–Trinajstić information content (AvgIpc) is 2.68. The maximum atomic E-state index is 13.2. The first-order chi connectivity index (χ1) is 9.95. The fraction of sp³-hybridized carbons (Fsp3) is 0.0714. The van der Waals surface area contributed by atoms with Crippen LogP contribution in [0, 0.1) is 5.82 Å². The van der Waals surface area contributed by atoms with Crippen molar-refractivity contribution in [3.8, 4) is 0 Å². The van der Waals surface area contributed by atoms with Crippen LogP contribution in [-0.4, -0.2) is 5.91 Å². The Morgan fingerprint density at radius 2 is 1.76 bits per heavy atom. The summed E-state index contributed by atoms with van der Waals surface area (Å²) in [5.41, 5.74) is 1.46. The first-order valence-corrected chi connectivity index (χ1v) is 7.10. The molecule has 0 spiro atoms. The van der Waals surface area contributed by atoms with E-state index in [-0.39, 0.29) is 5.91 Å². The third-order valence-electron chi connectivity index (χ3n) is 3.14. The number of hydrogen-bond donors (Lipinski definition) is 2. The molecule has 0 saturated heterocycles. The quantitative estimate of drug-likeness (QED) is 0.813. The topological polar surface area (TPSA) is 41.1 Å². The van der Waals surface area contributed by atoms with E-state index >= 15 is 0 Å². The number of amides is 1. The minimum absolute atomic E-state index is 0.302. The highest BCUT2D eigenvalue weighted by Crippen LogP contribution is 2.39. The number of rotatable bonds is 2. The molecule has 1 amide bonds. The molecule has 3 nitrogen and oxygen atoms in total. The summed E-state index contributed by atoms with van der Waals surface area (Å²) in [5, 5.41) is 6.58. The van der Waals surface area contributed by atoms with Crippen LogP contribution < -0.4 is 10.6 Å². The Morgan fingerprint density at radius 3 is 2.43 bits per heavy atom. The van der Waals surface area contributed by atoms with E-state index in [1.807, 2.05) is 0 Å². The Hall–Kier alpha value is -1.49. The van der Waals surface area contributed by atoms with Crippen LogP contribution in [-0.2, 0) is 4.79 Å². The van der Waals surface area contributed by atoms with Crippen LogP contribution in [0.1, 0.15) is 11.6 Å². The highest BCUT2D eigenvalue weighted by atomic mass is 35.5. The van der Waals surface area contributed by atoms with Crippen LogP contribution in [0.25, 0.3) is 0 Å². The largest absolute Gasteiger partial charge is 0.368 e. The van der Waals surface area contributed by atoms with Gasteiger partial charge in [-0.3, -0.25) is 4.79 Å². The van der Waals surface area contributed by atoms with E-state index in [1.165, 1.54) is 30.3 Å². The van der Waals surface area contributed by atoms with Gasteiger partial charge in [0.1, 0.15) is 11.9 Å². The van der Waals surface area contributed by atoms with Crippen LogP contribution in [0.15, 0.2) is 30.3 Å². The summed E-state index contributed by atoms with van der Waals surface area (Å²) in [5.74, 6) is -0.727. The Bertz CT molecular complexity index is 728. The molecule has 0 bridgehead atoms.